The monoisotopic (exact) mass is 447 g/mol. The second-order valence-corrected chi connectivity index (χ2v) is 7.74. The number of aromatic nitrogens is 4. The molecule has 1 aromatic carbocycles. The number of hydrogen-bond donors (Lipinski definition) is 1. The number of alkyl halides is 3. The Morgan fingerprint density at radius 2 is 2.12 bits per heavy atom. The first-order chi connectivity index (χ1) is 15.4. The van der Waals surface area contributed by atoms with Crippen molar-refractivity contribution < 1.29 is 27.4 Å². The lowest BCUT2D eigenvalue weighted by molar-refractivity contribution is -0.274. The van der Waals surface area contributed by atoms with E-state index in [0.717, 1.165) is 37.1 Å². The fourth-order valence-electron chi connectivity index (χ4n) is 4.19. The molecule has 32 heavy (non-hydrogen) atoms. The molecular formula is C21H20F3N5O3. The predicted molar refractivity (Wildman–Crippen MR) is 105 cm³/mol. The highest BCUT2D eigenvalue weighted by atomic mass is 19.4. The van der Waals surface area contributed by atoms with Gasteiger partial charge in [-0.1, -0.05) is 6.07 Å². The standard InChI is InChI=1S/C21H20F3N5O3/c22-21(23,24)32-14-5-3-4-13(8-14)29-18-11-31-10-16(15(18)9-26-29)27-20(30)19-17-6-1-2-7-28(17)12-25-19/h3-5,8-9,12,16H,1-2,6-7,10-11H2,(H,27,30)/t16-/m0/s1. The lowest BCUT2D eigenvalue weighted by Gasteiger charge is -2.24. The van der Waals surface area contributed by atoms with E-state index in [1.807, 2.05) is 4.57 Å². The third-order valence-corrected chi connectivity index (χ3v) is 5.62. The van der Waals surface area contributed by atoms with Crippen molar-refractivity contribution >= 4 is 5.91 Å². The average molecular weight is 447 g/mol. The van der Waals surface area contributed by atoms with Crippen LogP contribution in [0.15, 0.2) is 36.8 Å². The molecule has 0 aliphatic carbocycles. The molecule has 0 radical (unpaired) electrons. The Balaban J connectivity index is 1.39. The highest BCUT2D eigenvalue weighted by Gasteiger charge is 2.32. The van der Waals surface area contributed by atoms with Crippen molar-refractivity contribution in [2.24, 2.45) is 0 Å². The molecule has 2 aromatic heterocycles. The molecule has 168 valence electrons. The van der Waals surface area contributed by atoms with Crippen LogP contribution < -0.4 is 10.1 Å². The van der Waals surface area contributed by atoms with Crippen LogP contribution >= 0.6 is 0 Å². The number of rotatable bonds is 4. The van der Waals surface area contributed by atoms with Gasteiger partial charge in [-0.2, -0.15) is 5.10 Å². The third-order valence-electron chi connectivity index (χ3n) is 5.62. The summed E-state index contributed by atoms with van der Waals surface area (Å²) < 4.78 is 50.9. The summed E-state index contributed by atoms with van der Waals surface area (Å²) in [4.78, 5) is 17.2. The number of aryl methyl sites for hydroxylation is 1. The number of benzene rings is 1. The van der Waals surface area contributed by atoms with E-state index in [4.69, 9.17) is 4.74 Å². The van der Waals surface area contributed by atoms with Crippen molar-refractivity contribution in [1.82, 2.24) is 24.6 Å². The van der Waals surface area contributed by atoms with E-state index >= 15 is 0 Å². The van der Waals surface area contributed by atoms with Gasteiger partial charge in [0, 0.05) is 18.2 Å². The highest BCUT2D eigenvalue weighted by molar-refractivity contribution is 5.93. The zero-order valence-corrected chi connectivity index (χ0v) is 16.9. The van der Waals surface area contributed by atoms with Crippen LogP contribution in [0.5, 0.6) is 5.75 Å². The van der Waals surface area contributed by atoms with E-state index in [0.29, 0.717) is 17.1 Å². The number of nitrogens with one attached hydrogen (secondary N) is 1. The third kappa shape index (κ3) is 3.95. The van der Waals surface area contributed by atoms with Gasteiger partial charge in [-0.15, -0.1) is 13.2 Å². The van der Waals surface area contributed by atoms with E-state index in [2.05, 4.69) is 20.1 Å². The molecule has 0 unspecified atom stereocenters. The summed E-state index contributed by atoms with van der Waals surface area (Å²) in [5.41, 5.74) is 3.15. The SMILES string of the molecule is O=C(N[C@H]1COCc2c1cnn2-c1cccc(OC(F)(F)F)c1)c1ncn2c1CCCC2. The molecule has 0 fully saturated rings. The minimum Gasteiger partial charge on any atom is -0.406 e. The van der Waals surface area contributed by atoms with Gasteiger partial charge in [-0.05, 0) is 31.4 Å². The largest absolute Gasteiger partial charge is 0.573 e. The maximum atomic E-state index is 12.9. The van der Waals surface area contributed by atoms with Crippen LogP contribution in [0.1, 0.15) is 46.3 Å². The maximum Gasteiger partial charge on any atom is 0.573 e. The fraction of sp³-hybridized carbons (Fsp3) is 0.381. The van der Waals surface area contributed by atoms with Gasteiger partial charge in [0.05, 0.1) is 48.9 Å². The highest BCUT2D eigenvalue weighted by Crippen LogP contribution is 2.30. The number of fused-ring (bicyclic) bond motifs is 2. The average Bonchev–Trinajstić information content (AvgIpc) is 3.38. The van der Waals surface area contributed by atoms with Crippen molar-refractivity contribution in [1.29, 1.82) is 0 Å². The van der Waals surface area contributed by atoms with Gasteiger partial charge in [0.1, 0.15) is 11.4 Å². The van der Waals surface area contributed by atoms with Gasteiger partial charge < -0.3 is 19.4 Å². The Morgan fingerprint density at radius 1 is 1.25 bits per heavy atom. The Labute approximate surface area is 180 Å². The molecule has 0 saturated heterocycles. The van der Waals surface area contributed by atoms with Crippen LogP contribution in [-0.4, -0.2) is 38.2 Å². The first kappa shape index (κ1) is 20.6. The first-order valence-corrected chi connectivity index (χ1v) is 10.2. The smallest absolute Gasteiger partial charge is 0.406 e. The maximum absolute atomic E-state index is 12.9. The van der Waals surface area contributed by atoms with Crippen LogP contribution in [0.25, 0.3) is 5.69 Å². The molecule has 4 heterocycles. The first-order valence-electron chi connectivity index (χ1n) is 10.2. The molecule has 1 amide bonds. The van der Waals surface area contributed by atoms with Crippen molar-refractivity contribution in [3.05, 3.63) is 59.4 Å². The van der Waals surface area contributed by atoms with Gasteiger partial charge in [-0.3, -0.25) is 4.79 Å². The zero-order chi connectivity index (χ0) is 22.3. The van der Waals surface area contributed by atoms with Crippen molar-refractivity contribution in [3.63, 3.8) is 0 Å². The number of amides is 1. The van der Waals surface area contributed by atoms with Crippen molar-refractivity contribution in [2.45, 2.75) is 44.8 Å². The molecule has 0 spiro atoms. The number of nitrogens with zero attached hydrogens (tertiary/aromatic N) is 4. The Hall–Kier alpha value is -3.34. The molecule has 2 aliphatic rings. The Morgan fingerprint density at radius 3 is 2.97 bits per heavy atom. The summed E-state index contributed by atoms with van der Waals surface area (Å²) in [6.07, 6.45) is 1.41. The van der Waals surface area contributed by atoms with E-state index < -0.39 is 12.4 Å². The summed E-state index contributed by atoms with van der Waals surface area (Å²) in [6, 6.07) is 5.10. The van der Waals surface area contributed by atoms with Crippen molar-refractivity contribution in [3.8, 4) is 11.4 Å². The number of carbonyl (C=O) groups excluding carboxylic acids is 1. The van der Waals surface area contributed by atoms with Crippen LogP contribution in [0.3, 0.4) is 0 Å². The molecule has 0 bridgehead atoms. The van der Waals surface area contributed by atoms with Crippen LogP contribution in [0, 0.1) is 0 Å². The minimum absolute atomic E-state index is 0.214. The van der Waals surface area contributed by atoms with Gasteiger partial charge in [-0.25, -0.2) is 9.67 Å². The molecule has 3 aromatic rings. The van der Waals surface area contributed by atoms with E-state index in [-0.39, 0.29) is 24.9 Å². The van der Waals surface area contributed by atoms with Crippen molar-refractivity contribution in [2.75, 3.05) is 6.61 Å². The molecule has 1 N–H and O–H groups in total. The van der Waals surface area contributed by atoms with E-state index in [1.54, 1.807) is 18.6 Å². The lowest BCUT2D eigenvalue weighted by Crippen LogP contribution is -2.35. The normalized spacial score (nSPS) is 18.0. The number of hydrogen-bond acceptors (Lipinski definition) is 5. The fourth-order valence-corrected chi connectivity index (χ4v) is 4.19. The van der Waals surface area contributed by atoms with Gasteiger partial charge >= 0.3 is 6.36 Å². The molecule has 2 aliphatic heterocycles. The summed E-state index contributed by atoms with van der Waals surface area (Å²) in [7, 11) is 0. The number of ether oxygens (including phenoxy) is 2. The molecular weight excluding hydrogens is 427 g/mol. The molecule has 8 nitrogen and oxygen atoms in total. The quantitative estimate of drug-likeness (QED) is 0.664. The van der Waals surface area contributed by atoms with Gasteiger partial charge in [0.15, 0.2) is 0 Å². The Kier molecular flexibility index (Phi) is 5.12. The van der Waals surface area contributed by atoms with Crippen LogP contribution in [-0.2, 0) is 24.3 Å². The summed E-state index contributed by atoms with van der Waals surface area (Å²) >= 11 is 0. The summed E-state index contributed by atoms with van der Waals surface area (Å²) in [5.74, 6) is -0.624. The van der Waals surface area contributed by atoms with Gasteiger partial charge in [0.2, 0.25) is 0 Å². The van der Waals surface area contributed by atoms with Crippen LogP contribution in [0.4, 0.5) is 13.2 Å². The summed E-state index contributed by atoms with van der Waals surface area (Å²) in [6.45, 7) is 1.33. The molecule has 11 heteroatoms. The number of imidazole rings is 1. The van der Waals surface area contributed by atoms with E-state index in [1.165, 1.54) is 22.9 Å². The predicted octanol–water partition coefficient (Wildman–Crippen LogP) is 3.31. The second kappa shape index (κ2) is 7.97. The van der Waals surface area contributed by atoms with E-state index in [9.17, 15) is 18.0 Å². The summed E-state index contributed by atoms with van der Waals surface area (Å²) in [5, 5.41) is 7.29. The lowest BCUT2D eigenvalue weighted by atomic mass is 10.0. The Bertz CT molecular complexity index is 1150. The van der Waals surface area contributed by atoms with Crippen LogP contribution in [0.2, 0.25) is 0 Å². The zero-order valence-electron chi connectivity index (χ0n) is 16.9. The van der Waals surface area contributed by atoms with Gasteiger partial charge in [0.25, 0.3) is 5.91 Å². The molecule has 1 atom stereocenters. The molecule has 0 saturated carbocycles. The minimum atomic E-state index is -4.78. The number of carbonyl (C=O) groups is 1. The number of halogens is 3. The second-order valence-electron chi connectivity index (χ2n) is 7.74. The topological polar surface area (TPSA) is 83.2 Å². The molecule has 5 rings (SSSR count).